The Morgan fingerprint density at radius 3 is 2.42 bits per heavy atom. The molecule has 0 radical (unpaired) electrons. The van der Waals surface area contributed by atoms with E-state index in [0.29, 0.717) is 5.56 Å². The normalized spacial score (nSPS) is 9.92. The summed E-state index contributed by atoms with van der Waals surface area (Å²) in [6.07, 6.45) is 0. The van der Waals surface area contributed by atoms with E-state index in [9.17, 15) is 4.79 Å². The van der Waals surface area contributed by atoms with Crippen molar-refractivity contribution in [2.75, 3.05) is 0 Å². The van der Waals surface area contributed by atoms with Crippen molar-refractivity contribution in [1.29, 1.82) is 0 Å². The van der Waals surface area contributed by atoms with Gasteiger partial charge in [-0.25, -0.2) is 4.79 Å². The molecule has 0 aromatic heterocycles. The van der Waals surface area contributed by atoms with Crippen LogP contribution in [0.5, 0.6) is 0 Å². The van der Waals surface area contributed by atoms with Crippen LogP contribution in [0, 0.1) is 17.4 Å². The Labute approximate surface area is 84.7 Å². The van der Waals surface area contributed by atoms with Crippen molar-refractivity contribution in [1.82, 2.24) is 0 Å². The van der Waals surface area contributed by atoms with Crippen molar-refractivity contribution >= 4 is 28.6 Å². The molecule has 12 heavy (non-hydrogen) atoms. The number of rotatable bonds is 1. The van der Waals surface area contributed by atoms with Crippen molar-refractivity contribution in [3.8, 4) is 0 Å². The van der Waals surface area contributed by atoms with E-state index in [2.05, 4.69) is 22.6 Å². The maximum Gasteiger partial charge on any atom is 0.335 e. The molecule has 0 spiro atoms. The fourth-order valence-corrected chi connectivity index (χ4v) is 1.70. The van der Waals surface area contributed by atoms with E-state index in [-0.39, 0.29) is 0 Å². The van der Waals surface area contributed by atoms with Gasteiger partial charge in [-0.1, -0.05) is 0 Å². The van der Waals surface area contributed by atoms with Gasteiger partial charge in [-0.3, -0.25) is 0 Å². The van der Waals surface area contributed by atoms with Crippen LogP contribution in [0.25, 0.3) is 0 Å². The topological polar surface area (TPSA) is 37.3 Å². The lowest BCUT2D eigenvalue weighted by Gasteiger charge is -2.04. The lowest BCUT2D eigenvalue weighted by Crippen LogP contribution is -1.99. The van der Waals surface area contributed by atoms with Gasteiger partial charge in [-0.2, -0.15) is 0 Å². The fourth-order valence-electron chi connectivity index (χ4n) is 0.940. The number of hydrogen-bond acceptors (Lipinski definition) is 1. The molecule has 3 heteroatoms. The smallest absolute Gasteiger partial charge is 0.335 e. The van der Waals surface area contributed by atoms with Crippen molar-refractivity contribution in [3.05, 3.63) is 32.4 Å². The van der Waals surface area contributed by atoms with Gasteiger partial charge in [0, 0.05) is 3.57 Å². The van der Waals surface area contributed by atoms with Crippen LogP contribution in [0.15, 0.2) is 12.1 Å². The quantitative estimate of drug-likeness (QED) is 0.800. The standard InChI is InChI=1S/C9H9IO2/c1-5-3-7(9(11)12)4-8(10)6(5)2/h3-4H,1-2H3,(H,11,12). The predicted octanol–water partition coefficient (Wildman–Crippen LogP) is 2.61. The SMILES string of the molecule is Cc1cc(C(=O)O)cc(I)c1C. The number of aryl methyl sites for hydroxylation is 1. The third-order valence-electron chi connectivity index (χ3n) is 1.85. The molecule has 0 aliphatic carbocycles. The molecule has 2 nitrogen and oxygen atoms in total. The van der Waals surface area contributed by atoms with Crippen LogP contribution in [0.2, 0.25) is 0 Å². The van der Waals surface area contributed by atoms with Gasteiger partial charge in [0.1, 0.15) is 0 Å². The van der Waals surface area contributed by atoms with Gasteiger partial charge in [0.25, 0.3) is 0 Å². The third-order valence-corrected chi connectivity index (χ3v) is 2.97. The summed E-state index contributed by atoms with van der Waals surface area (Å²) in [7, 11) is 0. The second-order valence-corrected chi connectivity index (χ2v) is 3.87. The first-order valence-corrected chi connectivity index (χ1v) is 4.60. The molecule has 0 atom stereocenters. The van der Waals surface area contributed by atoms with E-state index in [1.807, 2.05) is 13.8 Å². The van der Waals surface area contributed by atoms with Crippen LogP contribution in [0.1, 0.15) is 21.5 Å². The van der Waals surface area contributed by atoms with Crippen LogP contribution in [0.4, 0.5) is 0 Å². The maximum atomic E-state index is 10.6. The van der Waals surface area contributed by atoms with Crippen molar-refractivity contribution in [2.45, 2.75) is 13.8 Å². The number of carboxylic acids is 1. The Kier molecular flexibility index (Phi) is 2.72. The summed E-state index contributed by atoms with van der Waals surface area (Å²) in [5, 5.41) is 8.72. The molecule has 1 aromatic rings. The summed E-state index contributed by atoms with van der Waals surface area (Å²) in [5.74, 6) is -0.865. The molecular weight excluding hydrogens is 267 g/mol. The molecule has 1 aromatic carbocycles. The van der Waals surface area contributed by atoms with E-state index in [4.69, 9.17) is 5.11 Å². The second-order valence-electron chi connectivity index (χ2n) is 2.71. The highest BCUT2D eigenvalue weighted by molar-refractivity contribution is 14.1. The highest BCUT2D eigenvalue weighted by Crippen LogP contribution is 2.17. The van der Waals surface area contributed by atoms with E-state index in [0.717, 1.165) is 14.7 Å². The van der Waals surface area contributed by atoms with Crippen LogP contribution in [-0.2, 0) is 0 Å². The first kappa shape index (κ1) is 9.51. The minimum absolute atomic E-state index is 0.363. The van der Waals surface area contributed by atoms with Crippen molar-refractivity contribution in [2.24, 2.45) is 0 Å². The van der Waals surface area contributed by atoms with Gasteiger partial charge < -0.3 is 5.11 Å². The molecule has 0 bridgehead atoms. The molecule has 0 amide bonds. The summed E-state index contributed by atoms with van der Waals surface area (Å²) in [6.45, 7) is 3.91. The fraction of sp³-hybridized carbons (Fsp3) is 0.222. The maximum absolute atomic E-state index is 10.6. The number of hydrogen-bond donors (Lipinski definition) is 1. The van der Waals surface area contributed by atoms with Crippen LogP contribution < -0.4 is 0 Å². The van der Waals surface area contributed by atoms with Gasteiger partial charge in [0.15, 0.2) is 0 Å². The monoisotopic (exact) mass is 276 g/mol. The number of halogens is 1. The first-order chi connectivity index (χ1) is 5.52. The van der Waals surface area contributed by atoms with E-state index < -0.39 is 5.97 Å². The molecule has 0 saturated heterocycles. The van der Waals surface area contributed by atoms with Crippen molar-refractivity contribution < 1.29 is 9.90 Å². The highest BCUT2D eigenvalue weighted by Gasteiger charge is 2.06. The molecule has 0 fully saturated rings. The minimum Gasteiger partial charge on any atom is -0.478 e. The van der Waals surface area contributed by atoms with E-state index in [1.54, 1.807) is 12.1 Å². The number of aromatic carboxylic acids is 1. The zero-order valence-electron chi connectivity index (χ0n) is 6.89. The molecule has 64 valence electrons. The summed E-state index contributed by atoms with van der Waals surface area (Å²) >= 11 is 2.15. The van der Waals surface area contributed by atoms with Gasteiger partial charge in [0.2, 0.25) is 0 Å². The summed E-state index contributed by atoms with van der Waals surface area (Å²) in [6, 6.07) is 3.38. The Bertz CT molecular complexity index is 308. The van der Waals surface area contributed by atoms with Crippen LogP contribution in [-0.4, -0.2) is 11.1 Å². The Hall–Kier alpha value is -0.580. The zero-order valence-corrected chi connectivity index (χ0v) is 9.05. The lowest BCUT2D eigenvalue weighted by atomic mass is 10.1. The third kappa shape index (κ3) is 1.77. The Morgan fingerprint density at radius 1 is 1.42 bits per heavy atom. The van der Waals surface area contributed by atoms with Gasteiger partial charge in [-0.15, -0.1) is 0 Å². The molecule has 0 heterocycles. The van der Waals surface area contributed by atoms with Crippen molar-refractivity contribution in [3.63, 3.8) is 0 Å². The lowest BCUT2D eigenvalue weighted by molar-refractivity contribution is 0.0696. The van der Waals surface area contributed by atoms with E-state index >= 15 is 0 Å². The zero-order chi connectivity index (χ0) is 9.30. The molecule has 0 unspecified atom stereocenters. The van der Waals surface area contributed by atoms with Crippen LogP contribution in [0.3, 0.4) is 0 Å². The molecule has 0 saturated carbocycles. The minimum atomic E-state index is -0.865. The molecule has 0 aliphatic rings. The molecular formula is C9H9IO2. The Balaban J connectivity index is 3.31. The first-order valence-electron chi connectivity index (χ1n) is 3.52. The molecule has 1 N–H and O–H groups in total. The molecule has 1 rings (SSSR count). The number of carbonyl (C=O) groups is 1. The van der Waals surface area contributed by atoms with E-state index in [1.165, 1.54) is 0 Å². The highest BCUT2D eigenvalue weighted by atomic mass is 127. The summed E-state index contributed by atoms with van der Waals surface area (Å²) < 4.78 is 1.00. The average Bonchev–Trinajstić information content (AvgIpc) is 1.99. The summed E-state index contributed by atoms with van der Waals surface area (Å²) in [5.41, 5.74) is 2.54. The number of carboxylic acid groups (broad SMARTS) is 1. The van der Waals surface area contributed by atoms with Crippen LogP contribution >= 0.6 is 22.6 Å². The average molecular weight is 276 g/mol. The largest absolute Gasteiger partial charge is 0.478 e. The predicted molar refractivity (Wildman–Crippen MR) is 55.6 cm³/mol. The summed E-state index contributed by atoms with van der Waals surface area (Å²) in [4.78, 5) is 10.6. The Morgan fingerprint density at radius 2 is 2.00 bits per heavy atom. The van der Waals surface area contributed by atoms with Gasteiger partial charge in [0.05, 0.1) is 5.56 Å². The van der Waals surface area contributed by atoms with Gasteiger partial charge >= 0.3 is 5.97 Å². The molecule has 0 aliphatic heterocycles. The number of benzene rings is 1. The second kappa shape index (κ2) is 3.43. The van der Waals surface area contributed by atoms with Gasteiger partial charge in [-0.05, 0) is 59.7 Å².